The van der Waals surface area contributed by atoms with Crippen LogP contribution in [0.5, 0.6) is 0 Å². The summed E-state index contributed by atoms with van der Waals surface area (Å²) in [6, 6.07) is 34.8. The largest absolute Gasteiger partial charge is 0.347 e. The van der Waals surface area contributed by atoms with Crippen molar-refractivity contribution in [3.63, 3.8) is 0 Å². The molecule has 2 aromatic heterocycles. The number of hydrogen-bond donors (Lipinski definition) is 0. The van der Waals surface area contributed by atoms with E-state index in [0.717, 1.165) is 13.1 Å². The number of nitrogens with zero attached hydrogens (tertiary/aromatic N) is 2. The van der Waals surface area contributed by atoms with Crippen molar-refractivity contribution in [1.82, 2.24) is 9.13 Å². The number of hydrogen-bond acceptors (Lipinski definition) is 0. The molecule has 0 atom stereocenters. The molecule has 0 N–H and O–H groups in total. The Morgan fingerprint density at radius 1 is 0.438 bits per heavy atom. The third-order valence-corrected chi connectivity index (χ3v) is 6.17. The van der Waals surface area contributed by atoms with Crippen LogP contribution in [0.25, 0.3) is 44.8 Å². The second kappa shape index (κ2) is 8.76. The predicted octanol–water partition coefficient (Wildman–Crippen LogP) is 8.00. The molecule has 0 amide bonds. The van der Waals surface area contributed by atoms with Crippen LogP contribution in [-0.2, 0) is 13.1 Å². The van der Waals surface area contributed by atoms with Gasteiger partial charge < -0.3 is 9.13 Å². The Labute approximate surface area is 190 Å². The summed E-state index contributed by atoms with van der Waals surface area (Å²) in [5, 5.41) is 0. The maximum absolute atomic E-state index is 2.33. The molecule has 0 radical (unpaired) electrons. The molecule has 5 rings (SSSR count). The standard InChI is InChI=1S/C30H28N2/c1-3-31-21-27(19-29(31)25-11-7-5-8-12-25)23-15-17-24(18-16-23)28-20-30(32(4-2)22-28)26-13-9-6-10-14-26/h5-22H,3-4H2,1-2H3. The summed E-state index contributed by atoms with van der Waals surface area (Å²) >= 11 is 0. The van der Waals surface area contributed by atoms with E-state index in [1.54, 1.807) is 0 Å². The van der Waals surface area contributed by atoms with E-state index in [-0.39, 0.29) is 0 Å². The maximum atomic E-state index is 2.33. The van der Waals surface area contributed by atoms with E-state index in [0.29, 0.717) is 0 Å². The molecule has 0 saturated heterocycles. The van der Waals surface area contributed by atoms with Gasteiger partial charge in [0, 0.05) is 36.9 Å². The van der Waals surface area contributed by atoms with Crippen LogP contribution in [0.3, 0.4) is 0 Å². The van der Waals surface area contributed by atoms with E-state index in [1.807, 2.05) is 0 Å². The fraction of sp³-hybridized carbons (Fsp3) is 0.133. The van der Waals surface area contributed by atoms with Gasteiger partial charge in [0.1, 0.15) is 0 Å². The highest BCUT2D eigenvalue weighted by molar-refractivity contribution is 5.76. The SMILES string of the molecule is CCn1cc(-c2ccc(-c3cc(-c4ccccc4)n(CC)c3)cc2)cc1-c1ccccc1. The highest BCUT2D eigenvalue weighted by Gasteiger charge is 2.11. The molecule has 0 spiro atoms. The average molecular weight is 417 g/mol. The molecule has 0 aliphatic heterocycles. The maximum Gasteiger partial charge on any atom is 0.0486 e. The Morgan fingerprint density at radius 3 is 1.16 bits per heavy atom. The average Bonchev–Trinajstić information content (AvgIpc) is 3.50. The van der Waals surface area contributed by atoms with Crippen LogP contribution in [0.15, 0.2) is 109 Å². The Morgan fingerprint density at radius 2 is 0.812 bits per heavy atom. The first-order chi connectivity index (χ1) is 15.8. The molecule has 0 saturated carbocycles. The summed E-state index contributed by atoms with van der Waals surface area (Å²) in [5.41, 5.74) is 10.0. The van der Waals surface area contributed by atoms with Crippen molar-refractivity contribution in [3.8, 4) is 44.8 Å². The quantitative estimate of drug-likeness (QED) is 0.265. The Kier molecular flexibility index (Phi) is 5.51. The van der Waals surface area contributed by atoms with E-state index in [4.69, 9.17) is 0 Å². The van der Waals surface area contributed by atoms with Gasteiger partial charge in [0.25, 0.3) is 0 Å². The van der Waals surface area contributed by atoms with Gasteiger partial charge in [0.2, 0.25) is 0 Å². The van der Waals surface area contributed by atoms with Crippen molar-refractivity contribution in [2.24, 2.45) is 0 Å². The van der Waals surface area contributed by atoms with Crippen molar-refractivity contribution >= 4 is 0 Å². The van der Waals surface area contributed by atoms with Crippen LogP contribution in [0.4, 0.5) is 0 Å². The van der Waals surface area contributed by atoms with Gasteiger partial charge >= 0.3 is 0 Å². The lowest BCUT2D eigenvalue weighted by Gasteiger charge is -2.05. The summed E-state index contributed by atoms with van der Waals surface area (Å²) in [5.74, 6) is 0. The highest BCUT2D eigenvalue weighted by atomic mass is 15.0. The number of rotatable bonds is 6. The zero-order valence-electron chi connectivity index (χ0n) is 18.7. The monoisotopic (exact) mass is 416 g/mol. The molecule has 3 aromatic carbocycles. The molecular formula is C30H28N2. The second-order valence-electron chi connectivity index (χ2n) is 8.11. The number of aryl methyl sites for hydroxylation is 2. The van der Waals surface area contributed by atoms with E-state index in [9.17, 15) is 0 Å². The van der Waals surface area contributed by atoms with Crippen LogP contribution in [0, 0.1) is 0 Å². The topological polar surface area (TPSA) is 9.86 Å². The van der Waals surface area contributed by atoms with E-state index >= 15 is 0 Å². The number of benzene rings is 3. The Balaban J connectivity index is 1.47. The van der Waals surface area contributed by atoms with E-state index in [1.165, 1.54) is 44.8 Å². The van der Waals surface area contributed by atoms with E-state index < -0.39 is 0 Å². The lowest BCUT2D eigenvalue weighted by Crippen LogP contribution is -1.94. The third-order valence-electron chi connectivity index (χ3n) is 6.17. The molecule has 32 heavy (non-hydrogen) atoms. The molecule has 0 aliphatic rings. The van der Waals surface area contributed by atoms with Gasteiger partial charge in [-0.1, -0.05) is 84.9 Å². The third kappa shape index (κ3) is 3.80. The van der Waals surface area contributed by atoms with Crippen molar-refractivity contribution in [1.29, 1.82) is 0 Å². The minimum absolute atomic E-state index is 0.953. The van der Waals surface area contributed by atoms with Gasteiger partial charge in [-0.25, -0.2) is 0 Å². The van der Waals surface area contributed by atoms with E-state index in [2.05, 4.69) is 132 Å². The molecule has 2 heteroatoms. The molecule has 0 bridgehead atoms. The van der Waals surface area contributed by atoms with Crippen molar-refractivity contribution in [3.05, 3.63) is 109 Å². The zero-order valence-corrected chi connectivity index (χ0v) is 18.7. The first-order valence-electron chi connectivity index (χ1n) is 11.4. The summed E-state index contributed by atoms with van der Waals surface area (Å²) in [7, 11) is 0. The molecule has 0 unspecified atom stereocenters. The minimum Gasteiger partial charge on any atom is -0.347 e. The van der Waals surface area contributed by atoms with Crippen molar-refractivity contribution in [2.75, 3.05) is 0 Å². The molecule has 2 nitrogen and oxygen atoms in total. The first-order valence-corrected chi connectivity index (χ1v) is 11.4. The lowest BCUT2D eigenvalue weighted by molar-refractivity contribution is 0.777. The fourth-order valence-corrected chi connectivity index (χ4v) is 4.42. The van der Waals surface area contributed by atoms with Gasteiger partial charge in [-0.15, -0.1) is 0 Å². The van der Waals surface area contributed by atoms with Crippen molar-refractivity contribution < 1.29 is 0 Å². The number of aromatic nitrogens is 2. The van der Waals surface area contributed by atoms with Gasteiger partial charge in [0.15, 0.2) is 0 Å². The second-order valence-corrected chi connectivity index (χ2v) is 8.11. The summed E-state index contributed by atoms with van der Waals surface area (Å²) in [4.78, 5) is 0. The fourth-order valence-electron chi connectivity index (χ4n) is 4.42. The normalized spacial score (nSPS) is 11.1. The van der Waals surface area contributed by atoms with Gasteiger partial charge in [-0.2, -0.15) is 0 Å². The van der Waals surface area contributed by atoms with Gasteiger partial charge in [-0.3, -0.25) is 0 Å². The molecule has 5 aromatic rings. The van der Waals surface area contributed by atoms with Gasteiger partial charge in [-0.05, 0) is 59.4 Å². The molecular weight excluding hydrogens is 388 g/mol. The van der Waals surface area contributed by atoms with Crippen LogP contribution in [0.2, 0.25) is 0 Å². The van der Waals surface area contributed by atoms with Crippen LogP contribution in [0.1, 0.15) is 13.8 Å². The lowest BCUT2D eigenvalue weighted by atomic mass is 10.0. The van der Waals surface area contributed by atoms with Crippen LogP contribution >= 0.6 is 0 Å². The van der Waals surface area contributed by atoms with Gasteiger partial charge in [0.05, 0.1) is 0 Å². The molecule has 2 heterocycles. The highest BCUT2D eigenvalue weighted by Crippen LogP contribution is 2.32. The molecule has 158 valence electrons. The molecule has 0 aliphatic carbocycles. The minimum atomic E-state index is 0.953. The smallest absolute Gasteiger partial charge is 0.0486 e. The Hall–Kier alpha value is -3.78. The summed E-state index contributed by atoms with van der Waals surface area (Å²) in [6.45, 7) is 6.30. The van der Waals surface area contributed by atoms with Crippen molar-refractivity contribution in [2.45, 2.75) is 26.9 Å². The van der Waals surface area contributed by atoms with Crippen LogP contribution in [-0.4, -0.2) is 9.13 Å². The van der Waals surface area contributed by atoms with Crippen LogP contribution < -0.4 is 0 Å². The summed E-state index contributed by atoms with van der Waals surface area (Å²) < 4.78 is 4.65. The first kappa shape index (κ1) is 20.1. The zero-order chi connectivity index (χ0) is 21.9. The Bertz CT molecular complexity index is 1200. The predicted molar refractivity (Wildman–Crippen MR) is 136 cm³/mol. The summed E-state index contributed by atoms with van der Waals surface area (Å²) in [6.07, 6.45) is 4.52. The molecule has 0 fully saturated rings.